The van der Waals surface area contributed by atoms with Crippen molar-refractivity contribution in [2.75, 3.05) is 19.1 Å². The first-order chi connectivity index (χ1) is 6.33. The summed E-state index contributed by atoms with van der Waals surface area (Å²) in [6.45, 7) is 8.33. The van der Waals surface area contributed by atoms with Crippen LogP contribution in [0.5, 0.6) is 0 Å². The minimum Gasteiger partial charge on any atom is -0.381 e. The van der Waals surface area contributed by atoms with Gasteiger partial charge in [-0.05, 0) is 19.3 Å². The second-order valence-corrected chi connectivity index (χ2v) is 3.39. The molecule has 0 saturated heterocycles. The molecule has 0 N–H and O–H groups in total. The van der Waals surface area contributed by atoms with E-state index < -0.39 is 0 Å². The normalized spacial score (nSPS) is 9.23. The number of ether oxygens (including phenoxy) is 1. The topological polar surface area (TPSA) is 9.23 Å². The monoisotopic (exact) mass is 208 g/mol. The Kier molecular flexibility index (Phi) is 21.9. The Labute approximate surface area is 88.8 Å². The van der Waals surface area contributed by atoms with Crippen molar-refractivity contribution in [2.24, 2.45) is 0 Å². The molecular weight excluding hydrogens is 184 g/mol. The third-order valence-electron chi connectivity index (χ3n) is 1.47. The maximum absolute atomic E-state index is 5.31. The molecule has 82 valence electrons. The van der Waals surface area contributed by atoms with Gasteiger partial charge < -0.3 is 4.74 Å². The molecule has 0 unspecified atom stereocenters. The lowest BCUT2D eigenvalue weighted by atomic mass is 10.3. The number of hydrogen-bond donors (Lipinski definition) is 0. The maximum Gasteiger partial charge on any atom is 0.0465 e. The minimum atomic E-state index is 0.792. The number of rotatable bonds is 7. The smallest absolute Gasteiger partial charge is 0.0465 e. The summed E-state index contributed by atoms with van der Waals surface area (Å²) in [4.78, 5) is 0. The highest BCUT2D eigenvalue weighted by Crippen LogP contribution is 1.91. The van der Waals surface area contributed by atoms with Crippen molar-refractivity contribution in [1.82, 2.24) is 0 Å². The van der Waals surface area contributed by atoms with Crippen LogP contribution in [0, 0.1) is 0 Å². The fourth-order valence-corrected chi connectivity index (χ4v) is 0.595. The lowest BCUT2D eigenvalue weighted by molar-refractivity contribution is 0.128. The van der Waals surface area contributed by atoms with Gasteiger partial charge in [-0.1, -0.05) is 33.6 Å². The quantitative estimate of drug-likeness (QED) is 0.449. The molecular formula is C11H25ClO. The average molecular weight is 209 g/mol. The first-order valence-electron chi connectivity index (χ1n) is 5.47. The Morgan fingerprint density at radius 2 is 1.23 bits per heavy atom. The molecule has 0 aliphatic heterocycles. The highest BCUT2D eigenvalue weighted by atomic mass is 35.5. The Morgan fingerprint density at radius 1 is 0.846 bits per heavy atom. The van der Waals surface area contributed by atoms with E-state index in [4.69, 9.17) is 16.3 Å². The number of unbranched alkanes of at least 4 members (excludes halogenated alkanes) is 2. The third kappa shape index (κ3) is 24.5. The predicted molar refractivity (Wildman–Crippen MR) is 61.6 cm³/mol. The van der Waals surface area contributed by atoms with E-state index >= 15 is 0 Å². The molecule has 0 atom stereocenters. The van der Waals surface area contributed by atoms with Gasteiger partial charge in [0.1, 0.15) is 0 Å². The first kappa shape index (κ1) is 15.7. The van der Waals surface area contributed by atoms with Gasteiger partial charge >= 0.3 is 0 Å². The Morgan fingerprint density at radius 3 is 1.46 bits per heavy atom. The van der Waals surface area contributed by atoms with Gasteiger partial charge in [0.15, 0.2) is 0 Å². The molecule has 0 saturated carbocycles. The van der Waals surface area contributed by atoms with Gasteiger partial charge in [-0.3, -0.25) is 0 Å². The summed E-state index contributed by atoms with van der Waals surface area (Å²) in [5.74, 6) is 0.792. The van der Waals surface area contributed by atoms with E-state index in [1.807, 2.05) is 6.92 Å². The molecule has 13 heavy (non-hydrogen) atoms. The molecule has 0 aromatic rings. The molecule has 0 spiro atoms. The zero-order valence-electron chi connectivity index (χ0n) is 9.44. The lowest BCUT2D eigenvalue weighted by Gasteiger charge is -1.99. The van der Waals surface area contributed by atoms with Crippen molar-refractivity contribution in [2.45, 2.75) is 52.9 Å². The summed E-state index contributed by atoms with van der Waals surface area (Å²) in [6, 6.07) is 0. The van der Waals surface area contributed by atoms with Crippen LogP contribution in [0.15, 0.2) is 0 Å². The van der Waals surface area contributed by atoms with Gasteiger partial charge in [-0.2, -0.15) is 0 Å². The van der Waals surface area contributed by atoms with Gasteiger partial charge in [0.05, 0.1) is 0 Å². The number of halogens is 1. The van der Waals surface area contributed by atoms with Gasteiger partial charge in [0, 0.05) is 19.1 Å². The fourth-order valence-electron chi connectivity index (χ4n) is 0.595. The molecule has 0 bridgehead atoms. The van der Waals surface area contributed by atoms with Crippen LogP contribution in [0.1, 0.15) is 52.9 Å². The second-order valence-electron chi connectivity index (χ2n) is 3.01. The van der Waals surface area contributed by atoms with Crippen LogP contribution in [0.4, 0.5) is 0 Å². The summed E-state index contributed by atoms with van der Waals surface area (Å²) in [6.07, 6.45) is 5.99. The molecule has 0 heterocycles. The Bertz CT molecular complexity index is 59.1. The van der Waals surface area contributed by atoms with Crippen LogP contribution >= 0.6 is 11.6 Å². The van der Waals surface area contributed by atoms with Crippen molar-refractivity contribution in [3.63, 3.8) is 0 Å². The molecule has 0 rings (SSSR count). The summed E-state index contributed by atoms with van der Waals surface area (Å²) >= 11 is 5.19. The van der Waals surface area contributed by atoms with Gasteiger partial charge in [-0.15, -0.1) is 11.6 Å². The van der Waals surface area contributed by atoms with Crippen LogP contribution in [-0.4, -0.2) is 19.1 Å². The first-order valence-corrected chi connectivity index (χ1v) is 6.00. The van der Waals surface area contributed by atoms with Crippen molar-refractivity contribution in [1.29, 1.82) is 0 Å². The second kappa shape index (κ2) is 18.1. The molecule has 0 amide bonds. The van der Waals surface area contributed by atoms with Crippen molar-refractivity contribution in [3.05, 3.63) is 0 Å². The highest BCUT2D eigenvalue weighted by Gasteiger charge is 1.84. The van der Waals surface area contributed by atoms with Crippen LogP contribution in [-0.2, 0) is 4.74 Å². The van der Waals surface area contributed by atoms with Crippen molar-refractivity contribution >= 4 is 11.6 Å². The van der Waals surface area contributed by atoms with E-state index in [9.17, 15) is 0 Å². The predicted octanol–water partition coefficient (Wildman–Crippen LogP) is 4.24. The largest absolute Gasteiger partial charge is 0.381 e. The van der Waals surface area contributed by atoms with Crippen LogP contribution in [0.2, 0.25) is 0 Å². The molecule has 0 aliphatic carbocycles. The zero-order chi connectivity index (χ0) is 10.4. The van der Waals surface area contributed by atoms with Crippen molar-refractivity contribution < 1.29 is 4.74 Å². The van der Waals surface area contributed by atoms with Gasteiger partial charge in [-0.25, -0.2) is 0 Å². The minimum absolute atomic E-state index is 0.792. The highest BCUT2D eigenvalue weighted by molar-refractivity contribution is 6.17. The van der Waals surface area contributed by atoms with Gasteiger partial charge in [0.2, 0.25) is 0 Å². The maximum atomic E-state index is 5.31. The molecule has 2 heteroatoms. The molecule has 0 aromatic carbocycles. The molecule has 0 radical (unpaired) electrons. The molecule has 1 nitrogen and oxygen atoms in total. The van der Waals surface area contributed by atoms with Gasteiger partial charge in [0.25, 0.3) is 0 Å². The van der Waals surface area contributed by atoms with E-state index in [2.05, 4.69) is 13.8 Å². The Hall–Kier alpha value is 0.250. The van der Waals surface area contributed by atoms with Crippen molar-refractivity contribution in [3.8, 4) is 0 Å². The fraction of sp³-hybridized carbons (Fsp3) is 1.00. The van der Waals surface area contributed by atoms with E-state index in [1.165, 1.54) is 25.7 Å². The SMILES string of the molecule is CCCCOCCCC.CCCCl. The van der Waals surface area contributed by atoms with E-state index in [1.54, 1.807) is 0 Å². The molecule has 0 fully saturated rings. The van der Waals surface area contributed by atoms with Crippen LogP contribution < -0.4 is 0 Å². The van der Waals surface area contributed by atoms with E-state index in [-0.39, 0.29) is 0 Å². The number of hydrogen-bond acceptors (Lipinski definition) is 1. The molecule has 0 aliphatic rings. The lowest BCUT2D eigenvalue weighted by Crippen LogP contribution is -1.95. The zero-order valence-corrected chi connectivity index (χ0v) is 10.2. The molecule has 0 aromatic heterocycles. The third-order valence-corrected chi connectivity index (χ3v) is 1.85. The summed E-state index contributed by atoms with van der Waals surface area (Å²) in [7, 11) is 0. The standard InChI is InChI=1S/C8H18O.C3H7Cl/c1-3-5-7-9-8-6-4-2;1-2-3-4/h3-8H2,1-2H3;2-3H2,1H3. The van der Waals surface area contributed by atoms with E-state index in [0.29, 0.717) is 0 Å². The van der Waals surface area contributed by atoms with Crippen LogP contribution in [0.3, 0.4) is 0 Å². The van der Waals surface area contributed by atoms with E-state index in [0.717, 1.165) is 25.5 Å². The summed E-state index contributed by atoms with van der Waals surface area (Å²) in [5.41, 5.74) is 0. The summed E-state index contributed by atoms with van der Waals surface area (Å²) in [5, 5.41) is 0. The average Bonchev–Trinajstić information content (AvgIpc) is 2.18. The summed E-state index contributed by atoms with van der Waals surface area (Å²) < 4.78 is 5.31. The van der Waals surface area contributed by atoms with Crippen LogP contribution in [0.25, 0.3) is 0 Å². The number of alkyl halides is 1. The Balaban J connectivity index is 0.